The highest BCUT2D eigenvalue weighted by Gasteiger charge is 2.18. The Balaban J connectivity index is 1.20. The maximum absolute atomic E-state index is 5.45. The van der Waals surface area contributed by atoms with Crippen LogP contribution in [0.25, 0.3) is 82.9 Å². The number of para-hydroxylation sites is 2. The van der Waals surface area contributed by atoms with Crippen molar-refractivity contribution in [3.05, 3.63) is 182 Å². The predicted octanol–water partition coefficient (Wildman–Crippen LogP) is 12.5. The molecule has 10 rings (SSSR count). The number of anilines is 1. The predicted molar refractivity (Wildman–Crippen MR) is 218 cm³/mol. The van der Waals surface area contributed by atoms with E-state index in [9.17, 15) is 0 Å². The summed E-state index contributed by atoms with van der Waals surface area (Å²) < 4.78 is 2.38. The second-order valence-corrected chi connectivity index (χ2v) is 13.4. The van der Waals surface area contributed by atoms with E-state index in [1.54, 1.807) is 0 Å². The van der Waals surface area contributed by atoms with Gasteiger partial charge in [0.1, 0.15) is 0 Å². The second-order valence-electron chi connectivity index (χ2n) is 13.4. The van der Waals surface area contributed by atoms with Gasteiger partial charge in [0.15, 0.2) is 0 Å². The van der Waals surface area contributed by atoms with Gasteiger partial charge in [-0.2, -0.15) is 0 Å². The van der Waals surface area contributed by atoms with Crippen molar-refractivity contribution in [3.8, 4) is 39.3 Å². The molecule has 7 aromatic carbocycles. The van der Waals surface area contributed by atoms with Crippen molar-refractivity contribution in [3.63, 3.8) is 0 Å². The minimum Gasteiger partial charge on any atom is -0.358 e. The highest BCUT2D eigenvalue weighted by molar-refractivity contribution is 6.09. The van der Waals surface area contributed by atoms with Gasteiger partial charge < -0.3 is 9.88 Å². The molecule has 0 atom stereocenters. The number of aromatic nitrogens is 3. The average molecular weight is 667 g/mol. The van der Waals surface area contributed by atoms with E-state index in [1.165, 1.54) is 32.9 Å². The number of benzene rings is 7. The zero-order valence-corrected chi connectivity index (χ0v) is 28.5. The largest absolute Gasteiger partial charge is 0.358 e. The van der Waals surface area contributed by atoms with Gasteiger partial charge in [-0.3, -0.25) is 0 Å². The molecule has 0 amide bonds. The van der Waals surface area contributed by atoms with E-state index in [0.717, 1.165) is 74.3 Å². The number of nitrogens with zero attached hydrogens (tertiary/aromatic N) is 3. The van der Waals surface area contributed by atoms with Crippen LogP contribution in [0.4, 0.5) is 5.69 Å². The van der Waals surface area contributed by atoms with Gasteiger partial charge in [0.05, 0.1) is 33.5 Å². The Labute approximate surface area is 302 Å². The number of hydrogen-bond donors (Lipinski definition) is 1. The Morgan fingerprint density at radius 2 is 1.23 bits per heavy atom. The maximum atomic E-state index is 5.45. The molecule has 1 aliphatic carbocycles. The summed E-state index contributed by atoms with van der Waals surface area (Å²) in [5.74, 6) is 0. The SMILES string of the molecule is C1=CCCC(Nc2ccc(-n3c4ccccc4c4ccccc43)cc2-c2ccc3nc(-c4ccccc4)c(-c4cccc5ccccc45)nc3c2)=C1. The van der Waals surface area contributed by atoms with Gasteiger partial charge in [0.2, 0.25) is 0 Å². The third-order valence-corrected chi connectivity index (χ3v) is 10.2. The maximum Gasteiger partial charge on any atom is 0.0979 e. The highest BCUT2D eigenvalue weighted by Crippen LogP contribution is 2.39. The molecule has 0 unspecified atom stereocenters. The summed E-state index contributed by atoms with van der Waals surface area (Å²) in [5, 5.41) is 8.63. The topological polar surface area (TPSA) is 42.7 Å². The number of rotatable bonds is 6. The third-order valence-electron chi connectivity index (χ3n) is 10.2. The van der Waals surface area contributed by atoms with Crippen LogP contribution in [0.5, 0.6) is 0 Å². The van der Waals surface area contributed by atoms with E-state index < -0.39 is 0 Å². The fourth-order valence-corrected chi connectivity index (χ4v) is 7.74. The molecule has 0 aliphatic heterocycles. The lowest BCUT2D eigenvalue weighted by Crippen LogP contribution is -2.04. The molecule has 0 saturated heterocycles. The quantitative estimate of drug-likeness (QED) is 0.192. The molecule has 2 heterocycles. The summed E-state index contributed by atoms with van der Waals surface area (Å²) in [6, 6.07) is 56.0. The van der Waals surface area contributed by atoms with E-state index in [0.29, 0.717) is 0 Å². The molecule has 1 N–H and O–H groups in total. The van der Waals surface area contributed by atoms with E-state index in [1.807, 2.05) is 6.07 Å². The minimum absolute atomic E-state index is 0.855. The number of allylic oxidation sites excluding steroid dienone is 4. The van der Waals surface area contributed by atoms with Gasteiger partial charge in [0, 0.05) is 44.5 Å². The van der Waals surface area contributed by atoms with Crippen molar-refractivity contribution in [2.45, 2.75) is 12.8 Å². The lowest BCUT2D eigenvalue weighted by atomic mass is 9.97. The van der Waals surface area contributed by atoms with Crippen LogP contribution in [0.1, 0.15) is 12.8 Å². The summed E-state index contributed by atoms with van der Waals surface area (Å²) in [6.45, 7) is 0. The van der Waals surface area contributed by atoms with Crippen LogP contribution in [-0.2, 0) is 0 Å². The van der Waals surface area contributed by atoms with Gasteiger partial charge in [-0.15, -0.1) is 0 Å². The van der Waals surface area contributed by atoms with E-state index in [2.05, 4.69) is 180 Å². The number of nitrogens with one attached hydrogen (secondary N) is 1. The lowest BCUT2D eigenvalue weighted by molar-refractivity contribution is 0.967. The molecule has 0 saturated carbocycles. The molecule has 9 aromatic rings. The van der Waals surface area contributed by atoms with E-state index >= 15 is 0 Å². The second kappa shape index (κ2) is 12.5. The molecule has 0 radical (unpaired) electrons. The average Bonchev–Trinajstić information content (AvgIpc) is 3.55. The first kappa shape index (κ1) is 30.1. The lowest BCUT2D eigenvalue weighted by Gasteiger charge is -2.19. The molecular weight excluding hydrogens is 633 g/mol. The Morgan fingerprint density at radius 3 is 2.02 bits per heavy atom. The molecule has 2 aromatic heterocycles. The molecule has 0 spiro atoms. The zero-order valence-electron chi connectivity index (χ0n) is 28.5. The number of fused-ring (bicyclic) bond motifs is 5. The van der Waals surface area contributed by atoms with Crippen molar-refractivity contribution >= 4 is 49.3 Å². The molecule has 4 heteroatoms. The molecule has 0 bridgehead atoms. The van der Waals surface area contributed by atoms with Gasteiger partial charge >= 0.3 is 0 Å². The molecule has 246 valence electrons. The fraction of sp³-hybridized carbons (Fsp3) is 0.0417. The number of hydrogen-bond acceptors (Lipinski definition) is 3. The Kier molecular flexibility index (Phi) is 7.24. The standard InChI is InChI=1S/C48H34N4/c1-3-15-33(16-4-1)47-48(40-23-13-17-32-14-7-8-20-37(32)40)51-44-30-34(26-28-43(44)50-47)41-31-36(27-29-42(41)49-35-18-5-2-6-19-35)52-45-24-11-9-21-38(45)39-22-10-12-25-46(39)52/h1-5,7-18,20-31,49H,6,19H2. The summed E-state index contributed by atoms with van der Waals surface area (Å²) in [6.07, 6.45) is 8.55. The van der Waals surface area contributed by atoms with Crippen molar-refractivity contribution < 1.29 is 0 Å². The van der Waals surface area contributed by atoms with E-state index in [-0.39, 0.29) is 0 Å². The highest BCUT2D eigenvalue weighted by atomic mass is 15.0. The van der Waals surface area contributed by atoms with Crippen LogP contribution in [0.15, 0.2) is 182 Å². The Hall–Kier alpha value is -6.78. The normalized spacial score (nSPS) is 12.9. The summed E-state index contributed by atoms with van der Waals surface area (Å²) in [4.78, 5) is 10.8. The van der Waals surface area contributed by atoms with Gasteiger partial charge in [0.25, 0.3) is 0 Å². The van der Waals surface area contributed by atoms with Crippen molar-refractivity contribution in [1.82, 2.24) is 14.5 Å². The van der Waals surface area contributed by atoms with Gasteiger partial charge in [-0.25, -0.2) is 9.97 Å². The molecule has 4 nitrogen and oxygen atoms in total. The van der Waals surface area contributed by atoms with Crippen LogP contribution in [0.2, 0.25) is 0 Å². The van der Waals surface area contributed by atoms with Gasteiger partial charge in [-0.05, 0) is 77.7 Å². The van der Waals surface area contributed by atoms with Crippen LogP contribution in [0, 0.1) is 0 Å². The summed E-state index contributed by atoms with van der Waals surface area (Å²) >= 11 is 0. The van der Waals surface area contributed by atoms with Crippen molar-refractivity contribution in [1.29, 1.82) is 0 Å². The van der Waals surface area contributed by atoms with Crippen LogP contribution in [-0.4, -0.2) is 14.5 Å². The molecule has 0 fully saturated rings. The minimum atomic E-state index is 0.855. The van der Waals surface area contributed by atoms with Crippen LogP contribution < -0.4 is 5.32 Å². The molecule has 1 aliphatic rings. The molecule has 52 heavy (non-hydrogen) atoms. The first-order valence-corrected chi connectivity index (χ1v) is 17.9. The first-order chi connectivity index (χ1) is 25.8. The zero-order chi connectivity index (χ0) is 34.4. The smallest absolute Gasteiger partial charge is 0.0979 e. The van der Waals surface area contributed by atoms with Crippen LogP contribution >= 0.6 is 0 Å². The summed E-state index contributed by atoms with van der Waals surface area (Å²) in [7, 11) is 0. The fourth-order valence-electron chi connectivity index (χ4n) is 7.74. The van der Waals surface area contributed by atoms with Gasteiger partial charge in [-0.1, -0.05) is 127 Å². The monoisotopic (exact) mass is 666 g/mol. The van der Waals surface area contributed by atoms with E-state index in [4.69, 9.17) is 9.97 Å². The van der Waals surface area contributed by atoms with Crippen molar-refractivity contribution in [2.24, 2.45) is 0 Å². The Morgan fingerprint density at radius 1 is 0.519 bits per heavy atom. The Bertz CT molecular complexity index is 2820. The van der Waals surface area contributed by atoms with Crippen molar-refractivity contribution in [2.75, 3.05) is 5.32 Å². The first-order valence-electron chi connectivity index (χ1n) is 17.9. The van der Waals surface area contributed by atoms with Crippen LogP contribution in [0.3, 0.4) is 0 Å². The third kappa shape index (κ3) is 5.16. The summed E-state index contributed by atoms with van der Waals surface area (Å²) in [5.41, 5.74) is 13.5. The molecular formula is C48H34N4.